The minimum absolute atomic E-state index is 0.0668. The minimum Gasteiger partial charge on any atom is -0.348 e. The maximum Gasteiger partial charge on any atom is 0.254 e. The third-order valence-electron chi connectivity index (χ3n) is 3.60. The average molecular weight is 245 g/mol. The van der Waals surface area contributed by atoms with Gasteiger partial charge in [0.25, 0.3) is 5.78 Å². The van der Waals surface area contributed by atoms with Crippen LogP contribution in [0.4, 0.5) is 5.82 Å². The highest BCUT2D eigenvalue weighted by molar-refractivity contribution is 5.61. The Morgan fingerprint density at radius 2 is 2.06 bits per heavy atom. The van der Waals surface area contributed by atoms with E-state index in [1.54, 1.807) is 6.33 Å². The number of anilines is 1. The summed E-state index contributed by atoms with van der Waals surface area (Å²) in [4.78, 5) is 11.2. The summed E-state index contributed by atoms with van der Waals surface area (Å²) in [5, 5.41) is 4.33. The Morgan fingerprint density at radius 1 is 1.33 bits per heavy atom. The predicted octanol–water partition coefficient (Wildman–Crippen LogP) is 1.98. The predicted molar refractivity (Wildman–Crippen MR) is 70.9 cm³/mol. The molecule has 1 unspecified atom stereocenters. The van der Waals surface area contributed by atoms with Gasteiger partial charge in [0, 0.05) is 22.8 Å². The molecule has 0 radical (unpaired) electrons. The second-order valence-electron chi connectivity index (χ2n) is 6.07. The van der Waals surface area contributed by atoms with Crippen LogP contribution in [-0.2, 0) is 6.42 Å². The number of rotatable bonds is 0. The molecule has 0 amide bonds. The van der Waals surface area contributed by atoms with Crippen molar-refractivity contribution >= 4 is 11.6 Å². The first-order valence-corrected chi connectivity index (χ1v) is 6.38. The smallest absolute Gasteiger partial charge is 0.254 e. The van der Waals surface area contributed by atoms with Gasteiger partial charge >= 0.3 is 0 Å². The van der Waals surface area contributed by atoms with Gasteiger partial charge in [0.1, 0.15) is 12.1 Å². The van der Waals surface area contributed by atoms with Crippen LogP contribution in [0.15, 0.2) is 6.33 Å². The highest BCUT2D eigenvalue weighted by Gasteiger charge is 2.37. The average Bonchev–Trinajstić information content (AvgIpc) is 2.79. The molecule has 0 N–H and O–H groups in total. The van der Waals surface area contributed by atoms with E-state index in [-0.39, 0.29) is 5.54 Å². The maximum atomic E-state index is 4.52. The van der Waals surface area contributed by atoms with E-state index in [2.05, 4.69) is 54.6 Å². The fraction of sp³-hybridized carbons (Fsp3) is 0.615. The van der Waals surface area contributed by atoms with Gasteiger partial charge in [0.05, 0.1) is 0 Å². The number of aryl methyl sites for hydroxylation is 1. The zero-order chi connectivity index (χ0) is 13.1. The van der Waals surface area contributed by atoms with Crippen LogP contribution in [-0.4, -0.2) is 31.2 Å². The molecule has 1 aliphatic rings. The van der Waals surface area contributed by atoms with E-state index < -0.39 is 0 Å². The molecule has 0 saturated carbocycles. The van der Waals surface area contributed by atoms with Crippen molar-refractivity contribution in [3.05, 3.63) is 17.6 Å². The van der Waals surface area contributed by atoms with Crippen LogP contribution in [0.25, 0.3) is 5.78 Å². The van der Waals surface area contributed by atoms with E-state index in [9.17, 15) is 0 Å². The first kappa shape index (κ1) is 11.4. The lowest BCUT2D eigenvalue weighted by Crippen LogP contribution is -2.45. The molecule has 0 fully saturated rings. The maximum absolute atomic E-state index is 4.52. The minimum atomic E-state index is 0.0668. The molecule has 3 heterocycles. The molecule has 0 bridgehead atoms. The van der Waals surface area contributed by atoms with Crippen molar-refractivity contribution < 1.29 is 0 Å². The molecular weight excluding hydrogens is 226 g/mol. The second kappa shape index (κ2) is 3.43. The summed E-state index contributed by atoms with van der Waals surface area (Å²) in [5.41, 5.74) is 2.44. The van der Waals surface area contributed by atoms with Crippen LogP contribution in [0.3, 0.4) is 0 Å². The molecule has 2 aromatic heterocycles. The SMILES string of the molecule is Cc1nc2ncnn2c2c1CC(C)N2C(C)(C)C. The zero-order valence-electron chi connectivity index (χ0n) is 11.6. The number of hydrogen-bond acceptors (Lipinski definition) is 4. The quantitative estimate of drug-likeness (QED) is 0.712. The van der Waals surface area contributed by atoms with Crippen molar-refractivity contribution in [2.45, 2.75) is 52.6 Å². The molecule has 5 nitrogen and oxygen atoms in total. The van der Waals surface area contributed by atoms with Crippen molar-refractivity contribution in [2.75, 3.05) is 4.90 Å². The molecule has 3 rings (SSSR count). The van der Waals surface area contributed by atoms with Crippen LogP contribution in [0.2, 0.25) is 0 Å². The summed E-state index contributed by atoms with van der Waals surface area (Å²) in [6.07, 6.45) is 2.60. The molecule has 0 aliphatic carbocycles. The number of nitrogens with zero attached hydrogens (tertiary/aromatic N) is 5. The van der Waals surface area contributed by atoms with E-state index in [0.717, 1.165) is 17.9 Å². The molecule has 96 valence electrons. The van der Waals surface area contributed by atoms with Crippen LogP contribution < -0.4 is 4.90 Å². The molecule has 0 aromatic carbocycles. The van der Waals surface area contributed by atoms with Gasteiger partial charge in [-0.3, -0.25) is 0 Å². The Morgan fingerprint density at radius 3 is 2.72 bits per heavy atom. The third kappa shape index (κ3) is 1.43. The van der Waals surface area contributed by atoms with Crippen molar-refractivity contribution in [1.82, 2.24) is 19.6 Å². The standard InChI is InChI=1S/C13H19N5/c1-8-6-10-9(2)16-12-14-7-15-18(12)11(10)17(8)13(3,4)5/h7-8H,6H2,1-5H3. The first-order valence-electron chi connectivity index (χ1n) is 6.38. The lowest BCUT2D eigenvalue weighted by atomic mass is 10.1. The highest BCUT2D eigenvalue weighted by atomic mass is 15.4. The highest BCUT2D eigenvalue weighted by Crippen LogP contribution is 2.38. The van der Waals surface area contributed by atoms with E-state index >= 15 is 0 Å². The van der Waals surface area contributed by atoms with Crippen molar-refractivity contribution in [3.8, 4) is 0 Å². The Balaban J connectivity index is 2.33. The first-order chi connectivity index (χ1) is 8.39. The summed E-state index contributed by atoms with van der Waals surface area (Å²) in [6, 6.07) is 0.468. The normalized spacial score (nSPS) is 19.6. The van der Waals surface area contributed by atoms with Crippen molar-refractivity contribution in [2.24, 2.45) is 0 Å². The number of fused-ring (bicyclic) bond motifs is 3. The zero-order valence-corrected chi connectivity index (χ0v) is 11.6. The van der Waals surface area contributed by atoms with Gasteiger partial charge in [-0.1, -0.05) is 0 Å². The van der Waals surface area contributed by atoms with Gasteiger partial charge < -0.3 is 4.90 Å². The molecule has 0 saturated heterocycles. The third-order valence-corrected chi connectivity index (χ3v) is 3.60. The van der Waals surface area contributed by atoms with Gasteiger partial charge in [-0.2, -0.15) is 14.6 Å². The van der Waals surface area contributed by atoms with Gasteiger partial charge in [0.15, 0.2) is 0 Å². The molecule has 18 heavy (non-hydrogen) atoms. The van der Waals surface area contributed by atoms with E-state index in [1.165, 1.54) is 5.56 Å². The van der Waals surface area contributed by atoms with Gasteiger partial charge in [-0.15, -0.1) is 0 Å². The summed E-state index contributed by atoms with van der Waals surface area (Å²) in [6.45, 7) is 11.0. The molecule has 1 atom stereocenters. The van der Waals surface area contributed by atoms with Gasteiger partial charge in [-0.05, 0) is 41.0 Å². The topological polar surface area (TPSA) is 46.3 Å². The molecule has 2 aromatic rings. The largest absolute Gasteiger partial charge is 0.348 e. The summed E-state index contributed by atoms with van der Waals surface area (Å²) < 4.78 is 1.87. The Bertz CT molecular complexity index is 608. The monoisotopic (exact) mass is 245 g/mol. The van der Waals surface area contributed by atoms with E-state index in [4.69, 9.17) is 0 Å². The van der Waals surface area contributed by atoms with Gasteiger partial charge in [0.2, 0.25) is 0 Å². The summed E-state index contributed by atoms with van der Waals surface area (Å²) in [5.74, 6) is 1.85. The van der Waals surface area contributed by atoms with E-state index in [1.807, 2.05) is 4.52 Å². The molecule has 0 spiro atoms. The lowest BCUT2D eigenvalue weighted by Gasteiger charge is -2.37. The van der Waals surface area contributed by atoms with Crippen LogP contribution in [0.5, 0.6) is 0 Å². The van der Waals surface area contributed by atoms with Gasteiger partial charge in [-0.25, -0.2) is 4.98 Å². The number of hydrogen-bond donors (Lipinski definition) is 0. The summed E-state index contributed by atoms with van der Waals surface area (Å²) >= 11 is 0. The molecule has 5 heteroatoms. The fourth-order valence-corrected chi connectivity index (χ4v) is 3.03. The Kier molecular flexibility index (Phi) is 2.18. The van der Waals surface area contributed by atoms with Crippen LogP contribution >= 0.6 is 0 Å². The second-order valence-corrected chi connectivity index (χ2v) is 6.07. The summed E-state index contributed by atoms with van der Waals surface area (Å²) in [7, 11) is 0. The van der Waals surface area contributed by atoms with Crippen LogP contribution in [0, 0.1) is 6.92 Å². The molecular formula is C13H19N5. The van der Waals surface area contributed by atoms with Crippen LogP contribution in [0.1, 0.15) is 39.0 Å². The van der Waals surface area contributed by atoms with Crippen molar-refractivity contribution in [1.29, 1.82) is 0 Å². The fourth-order valence-electron chi connectivity index (χ4n) is 3.03. The number of aromatic nitrogens is 4. The Hall–Kier alpha value is -1.65. The molecule has 1 aliphatic heterocycles. The lowest BCUT2D eigenvalue weighted by molar-refractivity contribution is 0.461. The van der Waals surface area contributed by atoms with Crippen molar-refractivity contribution in [3.63, 3.8) is 0 Å². The van der Waals surface area contributed by atoms with E-state index in [0.29, 0.717) is 11.8 Å². The Labute approximate surface area is 107 Å².